The van der Waals surface area contributed by atoms with Gasteiger partial charge < -0.3 is 14.6 Å². The fourth-order valence-corrected chi connectivity index (χ4v) is 1.87. The van der Waals surface area contributed by atoms with E-state index in [1.165, 1.54) is 19.9 Å². The molecule has 0 aliphatic carbocycles. The van der Waals surface area contributed by atoms with Gasteiger partial charge in [0.25, 0.3) is 5.91 Å². The SMILES string of the molecule is CC(=O)c1ccccc1NC(=O)[C@@H](C)OC(=O)c1cc(C)no1. The van der Waals surface area contributed by atoms with Crippen molar-refractivity contribution in [3.63, 3.8) is 0 Å². The molecule has 0 spiro atoms. The summed E-state index contributed by atoms with van der Waals surface area (Å²) in [7, 11) is 0. The molecule has 0 aliphatic heterocycles. The van der Waals surface area contributed by atoms with Gasteiger partial charge in [-0.05, 0) is 32.9 Å². The van der Waals surface area contributed by atoms with Gasteiger partial charge in [0.15, 0.2) is 11.9 Å². The highest BCUT2D eigenvalue weighted by Gasteiger charge is 2.22. The number of carbonyl (C=O) groups is 3. The topological polar surface area (TPSA) is 98.5 Å². The van der Waals surface area contributed by atoms with Gasteiger partial charge in [0.2, 0.25) is 5.76 Å². The average molecular weight is 316 g/mol. The van der Waals surface area contributed by atoms with Crippen molar-refractivity contribution in [2.24, 2.45) is 0 Å². The third-order valence-electron chi connectivity index (χ3n) is 3.05. The molecule has 120 valence electrons. The number of nitrogens with zero attached hydrogens (tertiary/aromatic N) is 1. The summed E-state index contributed by atoms with van der Waals surface area (Å²) >= 11 is 0. The molecule has 1 aromatic heterocycles. The lowest BCUT2D eigenvalue weighted by molar-refractivity contribution is -0.123. The number of esters is 1. The van der Waals surface area contributed by atoms with E-state index in [0.717, 1.165) is 0 Å². The maximum Gasteiger partial charge on any atom is 0.377 e. The van der Waals surface area contributed by atoms with E-state index in [4.69, 9.17) is 9.26 Å². The van der Waals surface area contributed by atoms with Crippen LogP contribution in [0, 0.1) is 6.92 Å². The molecular weight excluding hydrogens is 300 g/mol. The molecule has 7 heteroatoms. The van der Waals surface area contributed by atoms with E-state index in [1.54, 1.807) is 31.2 Å². The molecule has 0 radical (unpaired) electrons. The van der Waals surface area contributed by atoms with Gasteiger partial charge in [0.05, 0.1) is 11.4 Å². The molecule has 1 N–H and O–H groups in total. The van der Waals surface area contributed by atoms with Gasteiger partial charge in [-0.25, -0.2) is 4.79 Å². The Labute approximate surface area is 132 Å². The van der Waals surface area contributed by atoms with Gasteiger partial charge in [-0.3, -0.25) is 9.59 Å². The normalized spacial score (nSPS) is 11.6. The van der Waals surface area contributed by atoms with Gasteiger partial charge in [-0.15, -0.1) is 0 Å². The lowest BCUT2D eigenvalue weighted by atomic mass is 10.1. The number of Topliss-reactive ketones (excluding diaryl/α,β-unsaturated/α-hetero) is 1. The van der Waals surface area contributed by atoms with Crippen molar-refractivity contribution < 1.29 is 23.6 Å². The number of hydrogen-bond acceptors (Lipinski definition) is 6. The second-order valence-corrected chi connectivity index (χ2v) is 4.97. The Morgan fingerprint density at radius 1 is 1.26 bits per heavy atom. The minimum atomic E-state index is -1.06. The van der Waals surface area contributed by atoms with Crippen LogP contribution in [0.1, 0.15) is 40.5 Å². The molecule has 1 amide bonds. The minimum Gasteiger partial charge on any atom is -0.447 e. The van der Waals surface area contributed by atoms with Crippen LogP contribution in [0.15, 0.2) is 34.9 Å². The summed E-state index contributed by atoms with van der Waals surface area (Å²) in [6, 6.07) is 8.00. The van der Waals surface area contributed by atoms with E-state index in [9.17, 15) is 14.4 Å². The number of aryl methyl sites for hydroxylation is 1. The monoisotopic (exact) mass is 316 g/mol. The molecule has 1 atom stereocenters. The number of anilines is 1. The van der Waals surface area contributed by atoms with E-state index >= 15 is 0 Å². The third-order valence-corrected chi connectivity index (χ3v) is 3.05. The summed E-state index contributed by atoms with van der Waals surface area (Å²) in [6.07, 6.45) is -1.06. The Kier molecular flexibility index (Phi) is 4.90. The van der Waals surface area contributed by atoms with Crippen molar-refractivity contribution in [3.8, 4) is 0 Å². The molecule has 0 unspecified atom stereocenters. The number of para-hydroxylation sites is 1. The number of carbonyl (C=O) groups excluding carboxylic acids is 3. The van der Waals surface area contributed by atoms with E-state index in [1.807, 2.05) is 0 Å². The Morgan fingerprint density at radius 2 is 1.96 bits per heavy atom. The second kappa shape index (κ2) is 6.87. The zero-order valence-electron chi connectivity index (χ0n) is 13.0. The van der Waals surface area contributed by atoms with Crippen LogP contribution in [-0.2, 0) is 9.53 Å². The van der Waals surface area contributed by atoms with Crippen molar-refractivity contribution in [1.82, 2.24) is 5.16 Å². The molecule has 0 fully saturated rings. The fraction of sp³-hybridized carbons (Fsp3) is 0.250. The van der Waals surface area contributed by atoms with Gasteiger partial charge in [0, 0.05) is 11.6 Å². The first-order valence-corrected chi connectivity index (χ1v) is 6.93. The van der Waals surface area contributed by atoms with Crippen LogP contribution in [0.2, 0.25) is 0 Å². The Morgan fingerprint density at radius 3 is 2.57 bits per heavy atom. The molecule has 0 saturated carbocycles. The number of nitrogens with one attached hydrogen (secondary N) is 1. The molecule has 1 aromatic carbocycles. The zero-order valence-corrected chi connectivity index (χ0v) is 13.0. The van der Waals surface area contributed by atoms with Gasteiger partial charge in [0.1, 0.15) is 0 Å². The van der Waals surface area contributed by atoms with Crippen molar-refractivity contribution in [2.45, 2.75) is 26.9 Å². The number of hydrogen-bond donors (Lipinski definition) is 1. The zero-order chi connectivity index (χ0) is 17.0. The molecule has 7 nitrogen and oxygen atoms in total. The lowest BCUT2D eigenvalue weighted by Crippen LogP contribution is -2.30. The molecule has 23 heavy (non-hydrogen) atoms. The van der Waals surface area contributed by atoms with Crippen molar-refractivity contribution in [3.05, 3.63) is 47.3 Å². The van der Waals surface area contributed by atoms with E-state index in [-0.39, 0.29) is 11.5 Å². The third kappa shape index (κ3) is 4.03. The highest BCUT2D eigenvalue weighted by molar-refractivity contribution is 6.05. The standard InChI is InChI=1S/C16H16N2O5/c1-9-8-14(23-18-9)16(21)22-11(3)15(20)17-13-7-5-4-6-12(13)10(2)19/h4-8,11H,1-3H3,(H,17,20)/t11-/m1/s1. The first-order chi connectivity index (χ1) is 10.9. The van der Waals surface area contributed by atoms with Crippen LogP contribution in [0.4, 0.5) is 5.69 Å². The maximum atomic E-state index is 12.1. The fourth-order valence-electron chi connectivity index (χ4n) is 1.87. The predicted octanol–water partition coefficient (Wildman–Crippen LogP) is 2.37. The summed E-state index contributed by atoms with van der Waals surface area (Å²) in [5, 5.41) is 6.15. The van der Waals surface area contributed by atoms with Crippen LogP contribution in [0.3, 0.4) is 0 Å². The Hall–Kier alpha value is -2.96. The molecule has 0 saturated heterocycles. The lowest BCUT2D eigenvalue weighted by Gasteiger charge is -2.14. The summed E-state index contributed by atoms with van der Waals surface area (Å²) in [5.41, 5.74) is 1.28. The first-order valence-electron chi connectivity index (χ1n) is 6.93. The molecule has 1 heterocycles. The number of rotatable bonds is 5. The van der Waals surface area contributed by atoms with E-state index in [0.29, 0.717) is 16.9 Å². The van der Waals surface area contributed by atoms with Crippen molar-refractivity contribution >= 4 is 23.3 Å². The maximum absolute atomic E-state index is 12.1. The highest BCUT2D eigenvalue weighted by atomic mass is 16.6. The molecule has 0 bridgehead atoms. The predicted molar refractivity (Wildman–Crippen MR) is 81.2 cm³/mol. The number of amides is 1. The number of ether oxygens (including phenoxy) is 1. The van der Waals surface area contributed by atoms with Gasteiger partial charge >= 0.3 is 5.97 Å². The van der Waals surface area contributed by atoms with E-state index in [2.05, 4.69) is 10.5 Å². The number of aromatic nitrogens is 1. The van der Waals surface area contributed by atoms with Crippen LogP contribution in [0.25, 0.3) is 0 Å². The average Bonchev–Trinajstić information content (AvgIpc) is 2.94. The quantitative estimate of drug-likeness (QED) is 0.671. The van der Waals surface area contributed by atoms with Gasteiger partial charge in [-0.2, -0.15) is 0 Å². The number of benzene rings is 1. The summed E-state index contributed by atoms with van der Waals surface area (Å²) in [5.74, 6) is -1.59. The van der Waals surface area contributed by atoms with Crippen molar-refractivity contribution in [2.75, 3.05) is 5.32 Å². The number of ketones is 1. The first kappa shape index (κ1) is 16.4. The highest BCUT2D eigenvalue weighted by Crippen LogP contribution is 2.16. The summed E-state index contributed by atoms with van der Waals surface area (Å²) in [6.45, 7) is 4.49. The van der Waals surface area contributed by atoms with E-state index < -0.39 is 18.0 Å². The molecule has 2 aromatic rings. The van der Waals surface area contributed by atoms with Crippen LogP contribution in [0.5, 0.6) is 0 Å². The summed E-state index contributed by atoms with van der Waals surface area (Å²) < 4.78 is 9.79. The molecule has 2 rings (SSSR count). The smallest absolute Gasteiger partial charge is 0.377 e. The van der Waals surface area contributed by atoms with Crippen LogP contribution < -0.4 is 5.32 Å². The molecular formula is C16H16N2O5. The summed E-state index contributed by atoms with van der Waals surface area (Å²) in [4.78, 5) is 35.5. The van der Waals surface area contributed by atoms with Gasteiger partial charge in [-0.1, -0.05) is 17.3 Å². The minimum absolute atomic E-state index is 0.0775. The van der Waals surface area contributed by atoms with Crippen LogP contribution in [-0.4, -0.2) is 28.9 Å². The Balaban J connectivity index is 2.03. The van der Waals surface area contributed by atoms with Crippen LogP contribution >= 0.6 is 0 Å². The molecule has 0 aliphatic rings. The largest absolute Gasteiger partial charge is 0.447 e. The second-order valence-electron chi connectivity index (χ2n) is 4.97. The van der Waals surface area contributed by atoms with Crippen molar-refractivity contribution in [1.29, 1.82) is 0 Å². The Bertz CT molecular complexity index is 750.